The van der Waals surface area contributed by atoms with Crippen LogP contribution < -0.4 is 10.2 Å². The van der Waals surface area contributed by atoms with Gasteiger partial charge in [-0.3, -0.25) is 4.79 Å². The highest BCUT2D eigenvalue weighted by Gasteiger charge is 2.07. The van der Waals surface area contributed by atoms with E-state index in [1.807, 2.05) is 42.5 Å². The molecule has 0 saturated heterocycles. The minimum atomic E-state index is -0.173. The minimum absolute atomic E-state index is 0.173. The lowest BCUT2D eigenvalue weighted by Crippen LogP contribution is -2.19. The van der Waals surface area contributed by atoms with Crippen molar-refractivity contribution in [2.24, 2.45) is 5.10 Å². The summed E-state index contributed by atoms with van der Waals surface area (Å²) in [6.07, 6.45) is 1.59. The number of methoxy groups -OCH3 is 1. The maximum absolute atomic E-state index is 11.9. The zero-order chi connectivity index (χ0) is 17.6. The number of ether oxygens (including phenoxy) is 1. The second kappa shape index (κ2) is 8.46. The first kappa shape index (κ1) is 17.9. The number of benzene rings is 2. The number of carbonyl (C=O) groups excluding carboxylic acids is 1. The lowest BCUT2D eigenvalue weighted by Gasteiger charge is -2.03. The van der Waals surface area contributed by atoms with Gasteiger partial charge in [0.1, 0.15) is 5.75 Å². The van der Waals surface area contributed by atoms with Crippen LogP contribution in [0.3, 0.4) is 0 Å². The van der Waals surface area contributed by atoms with Crippen LogP contribution in [0.1, 0.15) is 5.56 Å². The lowest BCUT2D eigenvalue weighted by molar-refractivity contribution is -0.118. The number of nitrogens with one attached hydrogen (secondary N) is 1. The molecule has 1 heterocycles. The SMILES string of the molecule is COc1ccc(/C=N\NC(=O)CSc2nc3ccccc3s2)cc1Br. The summed E-state index contributed by atoms with van der Waals surface area (Å²) in [7, 11) is 1.61. The van der Waals surface area contributed by atoms with Crippen molar-refractivity contribution < 1.29 is 9.53 Å². The van der Waals surface area contributed by atoms with Gasteiger partial charge in [-0.2, -0.15) is 5.10 Å². The van der Waals surface area contributed by atoms with Gasteiger partial charge in [-0.1, -0.05) is 23.9 Å². The molecule has 1 aromatic heterocycles. The number of aromatic nitrogens is 1. The largest absolute Gasteiger partial charge is 0.496 e. The number of hydrogen-bond donors (Lipinski definition) is 1. The fourth-order valence-corrected chi connectivity index (χ4v) is 4.43. The van der Waals surface area contributed by atoms with Gasteiger partial charge in [-0.05, 0) is 51.8 Å². The molecule has 3 aromatic rings. The average Bonchev–Trinajstić information content (AvgIpc) is 3.03. The number of carbonyl (C=O) groups is 1. The Balaban J connectivity index is 1.51. The van der Waals surface area contributed by atoms with Crippen LogP contribution in [0.15, 0.2) is 56.4 Å². The van der Waals surface area contributed by atoms with E-state index in [1.54, 1.807) is 24.7 Å². The molecular formula is C17H14BrN3O2S2. The van der Waals surface area contributed by atoms with E-state index in [-0.39, 0.29) is 11.7 Å². The predicted molar refractivity (Wildman–Crippen MR) is 107 cm³/mol. The number of rotatable bonds is 6. The molecule has 0 unspecified atom stereocenters. The Morgan fingerprint density at radius 3 is 3.00 bits per heavy atom. The van der Waals surface area contributed by atoms with Crippen molar-refractivity contribution in [1.29, 1.82) is 0 Å². The Morgan fingerprint density at radius 1 is 1.40 bits per heavy atom. The number of thiazole rings is 1. The van der Waals surface area contributed by atoms with E-state index in [9.17, 15) is 4.79 Å². The predicted octanol–water partition coefficient (Wildman–Crippen LogP) is 4.31. The summed E-state index contributed by atoms with van der Waals surface area (Å²) < 4.78 is 7.99. The molecule has 0 saturated carbocycles. The van der Waals surface area contributed by atoms with Crippen molar-refractivity contribution in [3.05, 3.63) is 52.5 Å². The number of hydrogen-bond acceptors (Lipinski definition) is 6. The van der Waals surface area contributed by atoms with Crippen molar-refractivity contribution >= 4 is 61.4 Å². The maximum Gasteiger partial charge on any atom is 0.250 e. The van der Waals surface area contributed by atoms with Crippen LogP contribution >= 0.6 is 39.0 Å². The van der Waals surface area contributed by atoms with Gasteiger partial charge >= 0.3 is 0 Å². The summed E-state index contributed by atoms with van der Waals surface area (Å²) >= 11 is 6.40. The number of thioether (sulfide) groups is 1. The van der Waals surface area contributed by atoms with Gasteiger partial charge in [-0.25, -0.2) is 10.4 Å². The molecule has 0 atom stereocenters. The molecule has 3 rings (SSSR count). The zero-order valence-corrected chi connectivity index (χ0v) is 16.5. The van der Waals surface area contributed by atoms with Crippen LogP contribution in [-0.2, 0) is 4.79 Å². The van der Waals surface area contributed by atoms with Crippen molar-refractivity contribution in [3.63, 3.8) is 0 Å². The number of halogens is 1. The third-order valence-electron chi connectivity index (χ3n) is 3.18. The fraction of sp³-hybridized carbons (Fsp3) is 0.118. The molecular weight excluding hydrogens is 422 g/mol. The minimum Gasteiger partial charge on any atom is -0.496 e. The first-order valence-electron chi connectivity index (χ1n) is 7.29. The number of nitrogens with zero attached hydrogens (tertiary/aromatic N) is 2. The number of para-hydroxylation sites is 1. The van der Waals surface area contributed by atoms with E-state index in [0.717, 1.165) is 30.3 Å². The Hall–Kier alpha value is -1.90. The molecule has 0 aliphatic rings. The topological polar surface area (TPSA) is 63.6 Å². The van der Waals surface area contributed by atoms with Crippen LogP contribution in [0.4, 0.5) is 0 Å². The Kier molecular flexibility index (Phi) is 6.06. The monoisotopic (exact) mass is 435 g/mol. The molecule has 1 N–H and O–H groups in total. The number of amides is 1. The van der Waals surface area contributed by atoms with Crippen LogP contribution in [0.2, 0.25) is 0 Å². The molecule has 5 nitrogen and oxygen atoms in total. The molecule has 1 amide bonds. The third-order valence-corrected chi connectivity index (χ3v) is 5.98. The second-order valence-electron chi connectivity index (χ2n) is 4.92. The standard InChI is InChI=1S/C17H14BrN3O2S2/c1-23-14-7-6-11(8-12(14)18)9-19-21-16(22)10-24-17-20-13-4-2-3-5-15(13)25-17/h2-9H,10H2,1H3,(H,21,22)/b19-9-. The zero-order valence-electron chi connectivity index (χ0n) is 13.2. The van der Waals surface area contributed by atoms with E-state index in [0.29, 0.717) is 0 Å². The molecule has 128 valence electrons. The normalized spacial score (nSPS) is 11.1. The second-order valence-corrected chi connectivity index (χ2v) is 8.03. The van der Waals surface area contributed by atoms with Crippen LogP contribution in [0, 0.1) is 0 Å². The van der Waals surface area contributed by atoms with Gasteiger partial charge < -0.3 is 4.74 Å². The smallest absolute Gasteiger partial charge is 0.250 e. The van der Waals surface area contributed by atoms with Crippen molar-refractivity contribution in [1.82, 2.24) is 10.4 Å². The van der Waals surface area contributed by atoms with E-state index in [1.165, 1.54) is 11.8 Å². The van der Waals surface area contributed by atoms with E-state index in [2.05, 4.69) is 31.4 Å². The van der Waals surface area contributed by atoms with Crippen molar-refractivity contribution in [2.75, 3.05) is 12.9 Å². The molecule has 25 heavy (non-hydrogen) atoms. The first-order chi connectivity index (χ1) is 12.2. The quantitative estimate of drug-likeness (QED) is 0.355. The summed E-state index contributed by atoms with van der Waals surface area (Å²) in [6.45, 7) is 0. The molecule has 0 spiro atoms. The molecule has 0 bridgehead atoms. The first-order valence-corrected chi connectivity index (χ1v) is 9.89. The van der Waals surface area contributed by atoms with E-state index < -0.39 is 0 Å². The van der Waals surface area contributed by atoms with E-state index >= 15 is 0 Å². The number of hydrazone groups is 1. The maximum atomic E-state index is 11.9. The molecule has 0 fully saturated rings. The van der Waals surface area contributed by atoms with Gasteiger partial charge in [0.05, 0.1) is 33.8 Å². The van der Waals surface area contributed by atoms with Gasteiger partial charge in [0.15, 0.2) is 4.34 Å². The summed E-state index contributed by atoms with van der Waals surface area (Å²) in [4.78, 5) is 16.4. The summed E-state index contributed by atoms with van der Waals surface area (Å²) in [5.41, 5.74) is 4.33. The Labute approximate surface area is 161 Å². The third kappa shape index (κ3) is 4.81. The van der Waals surface area contributed by atoms with Gasteiger partial charge in [0.25, 0.3) is 5.91 Å². The summed E-state index contributed by atoms with van der Waals surface area (Å²) in [5, 5.41) is 3.98. The van der Waals surface area contributed by atoms with Crippen LogP contribution in [-0.4, -0.2) is 30.0 Å². The fourth-order valence-electron chi connectivity index (χ4n) is 2.01. The lowest BCUT2D eigenvalue weighted by atomic mass is 10.2. The van der Waals surface area contributed by atoms with Gasteiger partial charge in [-0.15, -0.1) is 11.3 Å². The van der Waals surface area contributed by atoms with Crippen LogP contribution in [0.25, 0.3) is 10.2 Å². The van der Waals surface area contributed by atoms with Crippen molar-refractivity contribution in [2.45, 2.75) is 4.34 Å². The molecule has 8 heteroatoms. The summed E-state index contributed by atoms with van der Waals surface area (Å²) in [6, 6.07) is 13.5. The van der Waals surface area contributed by atoms with Gasteiger partial charge in [0, 0.05) is 0 Å². The molecule has 0 radical (unpaired) electrons. The average molecular weight is 436 g/mol. The molecule has 0 aliphatic carbocycles. The van der Waals surface area contributed by atoms with Crippen molar-refractivity contribution in [3.8, 4) is 5.75 Å². The highest BCUT2D eigenvalue weighted by molar-refractivity contribution is 9.10. The van der Waals surface area contributed by atoms with Crippen LogP contribution in [0.5, 0.6) is 5.75 Å². The highest BCUT2D eigenvalue weighted by Crippen LogP contribution is 2.29. The number of fused-ring (bicyclic) bond motifs is 1. The Bertz CT molecular complexity index is 894. The Morgan fingerprint density at radius 2 is 2.24 bits per heavy atom. The van der Waals surface area contributed by atoms with Gasteiger partial charge in [0.2, 0.25) is 0 Å². The van der Waals surface area contributed by atoms with E-state index in [4.69, 9.17) is 4.74 Å². The molecule has 2 aromatic carbocycles. The summed E-state index contributed by atoms with van der Waals surface area (Å²) in [5.74, 6) is 0.838. The molecule has 0 aliphatic heterocycles. The highest BCUT2D eigenvalue weighted by atomic mass is 79.9.